The van der Waals surface area contributed by atoms with Crippen molar-refractivity contribution >= 4 is 15.9 Å². The van der Waals surface area contributed by atoms with Gasteiger partial charge >= 0.3 is 0 Å². The summed E-state index contributed by atoms with van der Waals surface area (Å²) in [4.78, 5) is 2.64. The summed E-state index contributed by atoms with van der Waals surface area (Å²) < 4.78 is 13.5. The molecular weight excluding hydrogens is 301 g/mol. The molecule has 0 heterocycles. The van der Waals surface area contributed by atoms with Gasteiger partial charge in [0.25, 0.3) is 0 Å². The van der Waals surface area contributed by atoms with E-state index < -0.39 is 6.04 Å². The molecule has 0 saturated carbocycles. The van der Waals surface area contributed by atoms with Crippen LogP contribution in [0.2, 0.25) is 0 Å². The van der Waals surface area contributed by atoms with Crippen LogP contribution in [0.5, 0.6) is 0 Å². The van der Waals surface area contributed by atoms with Crippen molar-refractivity contribution in [1.82, 2.24) is 5.32 Å². The summed E-state index contributed by atoms with van der Waals surface area (Å²) >= 11 is 3.22. The largest absolute Gasteiger partial charge is 0.298 e. The highest BCUT2D eigenvalue weighted by Gasteiger charge is 2.13. The van der Waals surface area contributed by atoms with Gasteiger partial charge in [0.2, 0.25) is 0 Å². The molecule has 1 unspecified atom stereocenters. The van der Waals surface area contributed by atoms with E-state index in [4.69, 9.17) is 10.8 Å². The van der Waals surface area contributed by atoms with Crippen LogP contribution in [-0.4, -0.2) is 13.1 Å². The quantitative estimate of drug-likeness (QED) is 0.377. The monoisotopic (exact) mass is 311 g/mol. The second-order valence-corrected chi connectivity index (χ2v) is 4.34. The molecule has 94 valence electrons. The Morgan fingerprint density at radius 1 is 1.61 bits per heavy atom. The van der Waals surface area contributed by atoms with Crippen molar-refractivity contribution in [1.29, 1.82) is 5.26 Å². The Kier molecular flexibility index (Phi) is 6.15. The van der Waals surface area contributed by atoms with Gasteiger partial charge in [0.1, 0.15) is 11.9 Å². The Bertz CT molecular complexity index is 493. The third-order valence-corrected chi connectivity index (χ3v) is 2.94. The van der Waals surface area contributed by atoms with Crippen LogP contribution in [0.4, 0.5) is 4.39 Å². The lowest BCUT2D eigenvalue weighted by Crippen LogP contribution is -2.22. The Morgan fingerprint density at radius 3 is 3.00 bits per heavy atom. The highest BCUT2D eigenvalue weighted by Crippen LogP contribution is 2.24. The maximum absolute atomic E-state index is 12.9. The van der Waals surface area contributed by atoms with E-state index in [1.165, 1.54) is 12.1 Å². The zero-order valence-corrected chi connectivity index (χ0v) is 11.1. The van der Waals surface area contributed by atoms with E-state index in [0.717, 1.165) is 0 Å². The van der Waals surface area contributed by atoms with Crippen LogP contribution in [0.25, 0.3) is 10.4 Å². The maximum Gasteiger partial charge on any atom is 0.124 e. The first-order valence-electron chi connectivity index (χ1n) is 5.28. The molecule has 1 atom stereocenters. The van der Waals surface area contributed by atoms with E-state index in [1.807, 2.05) is 0 Å². The molecule has 18 heavy (non-hydrogen) atoms. The average molecular weight is 312 g/mol. The van der Waals surface area contributed by atoms with Gasteiger partial charge in [-0.15, -0.1) is 0 Å². The first-order chi connectivity index (χ1) is 8.69. The van der Waals surface area contributed by atoms with Gasteiger partial charge in [-0.05, 0) is 36.2 Å². The smallest absolute Gasteiger partial charge is 0.124 e. The predicted octanol–water partition coefficient (Wildman–Crippen LogP) is 3.44. The van der Waals surface area contributed by atoms with Gasteiger partial charge in [-0.25, -0.2) is 4.39 Å². The van der Waals surface area contributed by atoms with Crippen molar-refractivity contribution < 1.29 is 4.39 Å². The van der Waals surface area contributed by atoms with Gasteiger partial charge in [-0.2, -0.15) is 5.26 Å². The second kappa shape index (κ2) is 7.67. The van der Waals surface area contributed by atoms with E-state index in [-0.39, 0.29) is 5.82 Å². The van der Waals surface area contributed by atoms with Crippen LogP contribution in [-0.2, 0) is 0 Å². The number of hydrogen-bond acceptors (Lipinski definition) is 3. The molecule has 5 nitrogen and oxygen atoms in total. The Morgan fingerprint density at radius 2 is 2.39 bits per heavy atom. The van der Waals surface area contributed by atoms with Crippen molar-refractivity contribution in [3.05, 3.63) is 44.5 Å². The molecule has 0 aliphatic carbocycles. The lowest BCUT2D eigenvalue weighted by atomic mass is 10.1. The number of nitrogens with one attached hydrogen (secondary N) is 1. The molecule has 7 heteroatoms. The van der Waals surface area contributed by atoms with Crippen LogP contribution < -0.4 is 5.32 Å². The molecule has 0 bridgehead atoms. The van der Waals surface area contributed by atoms with Crippen LogP contribution in [0.3, 0.4) is 0 Å². The fourth-order valence-electron chi connectivity index (χ4n) is 1.40. The summed E-state index contributed by atoms with van der Waals surface area (Å²) in [5, 5.41) is 15.5. The minimum atomic E-state index is -0.522. The number of nitriles is 1. The molecule has 0 aromatic heterocycles. The fraction of sp³-hybridized carbons (Fsp3) is 0.364. The van der Waals surface area contributed by atoms with Gasteiger partial charge in [-0.1, -0.05) is 27.1 Å². The zero-order chi connectivity index (χ0) is 13.4. The van der Waals surface area contributed by atoms with Gasteiger partial charge in [0.15, 0.2) is 0 Å². The van der Waals surface area contributed by atoms with Crippen LogP contribution >= 0.6 is 15.9 Å². The van der Waals surface area contributed by atoms with Crippen molar-refractivity contribution in [2.75, 3.05) is 13.1 Å². The number of rotatable bonds is 6. The maximum atomic E-state index is 12.9. The SMILES string of the molecule is N#CC(NCCCN=[N+]=[N-])c1ccc(F)cc1Br. The summed E-state index contributed by atoms with van der Waals surface area (Å²) in [6.07, 6.45) is 0.640. The fourth-order valence-corrected chi connectivity index (χ4v) is 1.98. The molecule has 0 radical (unpaired) electrons. The van der Waals surface area contributed by atoms with E-state index in [1.54, 1.807) is 6.07 Å². The van der Waals surface area contributed by atoms with Crippen LogP contribution in [0.15, 0.2) is 27.8 Å². The summed E-state index contributed by atoms with van der Waals surface area (Å²) in [5.41, 5.74) is 8.79. The molecule has 1 rings (SSSR count). The number of halogens is 2. The van der Waals surface area contributed by atoms with Crippen molar-refractivity contribution in [3.63, 3.8) is 0 Å². The predicted molar refractivity (Wildman–Crippen MR) is 69.1 cm³/mol. The van der Waals surface area contributed by atoms with Crippen molar-refractivity contribution in [2.45, 2.75) is 12.5 Å². The van der Waals surface area contributed by atoms with E-state index in [2.05, 4.69) is 37.3 Å². The minimum absolute atomic E-state index is 0.356. The lowest BCUT2D eigenvalue weighted by Gasteiger charge is -2.13. The summed E-state index contributed by atoms with van der Waals surface area (Å²) in [5.74, 6) is -0.356. The van der Waals surface area contributed by atoms with E-state index in [0.29, 0.717) is 29.5 Å². The molecule has 1 N–H and O–H groups in total. The molecule has 0 spiro atoms. The van der Waals surface area contributed by atoms with Crippen molar-refractivity contribution in [2.24, 2.45) is 5.11 Å². The normalized spacial score (nSPS) is 11.4. The van der Waals surface area contributed by atoms with Gasteiger partial charge in [0, 0.05) is 15.9 Å². The van der Waals surface area contributed by atoms with Gasteiger partial charge in [0.05, 0.1) is 6.07 Å². The molecule has 0 saturated heterocycles. The lowest BCUT2D eigenvalue weighted by molar-refractivity contribution is 0.599. The zero-order valence-electron chi connectivity index (χ0n) is 9.48. The van der Waals surface area contributed by atoms with Gasteiger partial charge in [-0.3, -0.25) is 5.32 Å². The van der Waals surface area contributed by atoms with Crippen LogP contribution in [0, 0.1) is 17.1 Å². The van der Waals surface area contributed by atoms with E-state index in [9.17, 15) is 4.39 Å². The molecular formula is C11H11BrFN5. The van der Waals surface area contributed by atoms with Gasteiger partial charge < -0.3 is 0 Å². The highest BCUT2D eigenvalue weighted by atomic mass is 79.9. The topological polar surface area (TPSA) is 84.6 Å². The number of hydrogen-bond donors (Lipinski definition) is 1. The van der Waals surface area contributed by atoms with Crippen molar-refractivity contribution in [3.8, 4) is 6.07 Å². The molecule has 0 aliphatic rings. The molecule has 1 aromatic rings. The summed E-state index contributed by atoms with van der Waals surface area (Å²) in [7, 11) is 0. The third kappa shape index (κ3) is 4.34. The number of nitrogens with zero attached hydrogens (tertiary/aromatic N) is 4. The third-order valence-electron chi connectivity index (χ3n) is 2.25. The summed E-state index contributed by atoms with van der Waals surface area (Å²) in [6.45, 7) is 0.924. The Balaban J connectivity index is 2.61. The Hall–Kier alpha value is -1.61. The van der Waals surface area contributed by atoms with Crippen LogP contribution in [0.1, 0.15) is 18.0 Å². The molecule has 1 aromatic carbocycles. The molecule has 0 amide bonds. The second-order valence-electron chi connectivity index (χ2n) is 3.49. The molecule has 0 fully saturated rings. The average Bonchev–Trinajstić information content (AvgIpc) is 2.35. The highest BCUT2D eigenvalue weighted by molar-refractivity contribution is 9.10. The first-order valence-corrected chi connectivity index (χ1v) is 6.07. The van der Waals surface area contributed by atoms with E-state index >= 15 is 0 Å². The minimum Gasteiger partial charge on any atom is -0.298 e. The molecule has 0 aliphatic heterocycles. The Labute approximate surface area is 112 Å². The number of benzene rings is 1. The first kappa shape index (κ1) is 14.5. The standard InChI is InChI=1S/C11H11BrFN5/c12-10-6-8(13)2-3-9(10)11(7-14)16-4-1-5-17-18-15/h2-3,6,11,16H,1,4-5H2. The summed E-state index contributed by atoms with van der Waals surface area (Å²) in [6, 6.07) is 5.78. The number of azide groups is 1.